The molecule has 0 bridgehead atoms. The van der Waals surface area contributed by atoms with Crippen LogP contribution in [0.2, 0.25) is 0 Å². The molecule has 0 saturated carbocycles. The molecule has 0 radical (unpaired) electrons. The van der Waals surface area contributed by atoms with Crippen LogP contribution in [0.3, 0.4) is 0 Å². The number of rotatable bonds is 11. The van der Waals surface area contributed by atoms with Gasteiger partial charge in [-0.05, 0) is 12.3 Å². The first-order valence-electron chi connectivity index (χ1n) is 6.74. The minimum Gasteiger partial charge on any atom is -0.394 e. The zero-order valence-corrected chi connectivity index (χ0v) is 13.4. The first-order chi connectivity index (χ1) is 9.71. The summed E-state index contributed by atoms with van der Waals surface area (Å²) in [5.74, 6) is -0.400. The minimum absolute atomic E-state index is 0.0570. The molecule has 4 N–H and O–H groups in total. The van der Waals surface area contributed by atoms with Gasteiger partial charge in [0.05, 0.1) is 12.4 Å². The van der Waals surface area contributed by atoms with E-state index in [4.69, 9.17) is 5.11 Å². The lowest BCUT2D eigenvalue weighted by Gasteiger charge is -2.23. The van der Waals surface area contributed by atoms with Crippen molar-refractivity contribution in [3.05, 3.63) is 0 Å². The summed E-state index contributed by atoms with van der Waals surface area (Å²) in [6, 6.07) is -1.52. The van der Waals surface area contributed by atoms with E-state index in [0.717, 1.165) is 0 Å². The van der Waals surface area contributed by atoms with E-state index >= 15 is 0 Å². The lowest BCUT2D eigenvalue weighted by atomic mass is 10.0. The van der Waals surface area contributed by atoms with Crippen molar-refractivity contribution in [2.24, 2.45) is 5.92 Å². The Balaban J connectivity index is 4.24. The van der Waals surface area contributed by atoms with E-state index in [-0.39, 0.29) is 11.7 Å². The highest BCUT2D eigenvalue weighted by Gasteiger charge is 2.23. The van der Waals surface area contributed by atoms with Crippen molar-refractivity contribution >= 4 is 22.0 Å². The van der Waals surface area contributed by atoms with Crippen molar-refractivity contribution in [3.63, 3.8) is 0 Å². The van der Waals surface area contributed by atoms with Crippen LogP contribution in [0.15, 0.2) is 0 Å². The van der Waals surface area contributed by atoms with E-state index in [2.05, 4.69) is 16.2 Å². The number of hydrogen-bond acceptors (Lipinski definition) is 7. The quantitative estimate of drug-likeness (QED) is 0.201. The molecule has 0 aromatic carbocycles. The second-order valence-electron chi connectivity index (χ2n) is 5.21. The number of aldehydes is 1. The monoisotopic (exact) mass is 323 g/mol. The molecule has 0 spiro atoms. The van der Waals surface area contributed by atoms with Crippen LogP contribution in [0.25, 0.3) is 0 Å². The predicted molar refractivity (Wildman–Crippen MR) is 79.2 cm³/mol. The van der Waals surface area contributed by atoms with Gasteiger partial charge >= 0.3 is 0 Å². The Morgan fingerprint density at radius 1 is 1.33 bits per heavy atom. The molecule has 0 fully saturated rings. The first-order valence-corrected chi connectivity index (χ1v) is 8.80. The van der Waals surface area contributed by atoms with Crippen molar-refractivity contribution in [3.8, 4) is 0 Å². The molecule has 124 valence electrons. The summed E-state index contributed by atoms with van der Waals surface area (Å²) in [5.41, 5.74) is 5.61. The minimum atomic E-state index is -2.99. The summed E-state index contributed by atoms with van der Waals surface area (Å²) in [7, 11) is -2.99. The molecule has 9 heteroatoms. The molecule has 0 aliphatic heterocycles. The fourth-order valence-corrected chi connectivity index (χ4v) is 2.20. The standard InChI is InChI=1S/C12H25N3O5S/c1-9(2)11(12(18)14-10(7-16)8-17)15-13-5-4-6-21(3,19)20/h7,9-11,13,15,17H,4-6,8H2,1-3H3,(H,14,18)/t10-,11+/m1/s1. The summed E-state index contributed by atoms with van der Waals surface area (Å²) < 4.78 is 21.9. The maximum atomic E-state index is 12.0. The van der Waals surface area contributed by atoms with Gasteiger partial charge in [-0.25, -0.2) is 13.8 Å². The molecule has 21 heavy (non-hydrogen) atoms. The Hall–Kier alpha value is -1.03. The molecule has 0 aromatic heterocycles. The SMILES string of the molecule is CC(C)[C@H](NNCCCS(C)(=O)=O)C(=O)N[C@H](C=O)CO. The Morgan fingerprint density at radius 2 is 1.95 bits per heavy atom. The van der Waals surface area contributed by atoms with Crippen LogP contribution in [0.5, 0.6) is 0 Å². The van der Waals surface area contributed by atoms with Crippen molar-refractivity contribution in [1.82, 2.24) is 16.2 Å². The average Bonchev–Trinajstić information content (AvgIpc) is 2.38. The maximum absolute atomic E-state index is 12.0. The van der Waals surface area contributed by atoms with E-state index in [9.17, 15) is 18.0 Å². The number of hydrazine groups is 1. The predicted octanol–water partition coefficient (Wildman–Crippen LogP) is -1.78. The Bertz CT molecular complexity index is 425. The van der Waals surface area contributed by atoms with Gasteiger partial charge in [0.15, 0.2) is 0 Å². The van der Waals surface area contributed by atoms with Crippen LogP contribution in [0, 0.1) is 5.92 Å². The number of aliphatic hydroxyl groups is 1. The number of amides is 1. The van der Waals surface area contributed by atoms with Crippen molar-refractivity contribution < 1.29 is 23.1 Å². The molecule has 1 amide bonds. The van der Waals surface area contributed by atoms with Crippen LogP contribution >= 0.6 is 0 Å². The van der Waals surface area contributed by atoms with Crippen molar-refractivity contribution in [2.45, 2.75) is 32.4 Å². The van der Waals surface area contributed by atoms with Gasteiger partial charge in [-0.15, -0.1) is 0 Å². The maximum Gasteiger partial charge on any atom is 0.239 e. The zero-order valence-electron chi connectivity index (χ0n) is 12.6. The van der Waals surface area contributed by atoms with E-state index in [0.29, 0.717) is 19.3 Å². The van der Waals surface area contributed by atoms with Gasteiger partial charge in [0.25, 0.3) is 0 Å². The Kier molecular flexibility index (Phi) is 9.34. The largest absolute Gasteiger partial charge is 0.394 e. The lowest BCUT2D eigenvalue weighted by molar-refractivity contribution is -0.127. The molecular weight excluding hydrogens is 298 g/mol. The highest BCUT2D eigenvalue weighted by Crippen LogP contribution is 2.01. The zero-order chi connectivity index (χ0) is 16.5. The molecule has 0 heterocycles. The molecule has 2 atom stereocenters. The Morgan fingerprint density at radius 3 is 2.38 bits per heavy atom. The van der Waals surface area contributed by atoms with E-state index < -0.39 is 34.4 Å². The summed E-state index contributed by atoms with van der Waals surface area (Å²) in [5, 5.41) is 11.3. The summed E-state index contributed by atoms with van der Waals surface area (Å²) in [6.07, 6.45) is 2.06. The van der Waals surface area contributed by atoms with Gasteiger partial charge in [-0.2, -0.15) is 0 Å². The van der Waals surface area contributed by atoms with Crippen LogP contribution in [-0.4, -0.2) is 63.0 Å². The van der Waals surface area contributed by atoms with E-state index in [1.807, 2.05) is 13.8 Å². The third kappa shape index (κ3) is 9.51. The Labute approximate surface area is 125 Å². The molecule has 0 rings (SSSR count). The number of sulfone groups is 1. The topological polar surface area (TPSA) is 125 Å². The van der Waals surface area contributed by atoms with E-state index in [1.54, 1.807) is 0 Å². The average molecular weight is 323 g/mol. The van der Waals surface area contributed by atoms with Gasteiger partial charge in [-0.3, -0.25) is 10.2 Å². The highest BCUT2D eigenvalue weighted by molar-refractivity contribution is 7.90. The van der Waals surface area contributed by atoms with Crippen LogP contribution < -0.4 is 16.2 Å². The normalized spacial score (nSPS) is 14.7. The van der Waals surface area contributed by atoms with Gasteiger partial charge in [-0.1, -0.05) is 13.8 Å². The molecule has 8 nitrogen and oxygen atoms in total. The molecular formula is C12H25N3O5S. The summed E-state index contributed by atoms with van der Waals surface area (Å²) >= 11 is 0. The smallest absolute Gasteiger partial charge is 0.239 e. The van der Waals surface area contributed by atoms with Gasteiger partial charge in [0, 0.05) is 12.8 Å². The van der Waals surface area contributed by atoms with Crippen LogP contribution in [-0.2, 0) is 19.4 Å². The van der Waals surface area contributed by atoms with Crippen molar-refractivity contribution in [2.75, 3.05) is 25.2 Å². The highest BCUT2D eigenvalue weighted by atomic mass is 32.2. The third-order valence-corrected chi connectivity index (χ3v) is 3.74. The van der Waals surface area contributed by atoms with Gasteiger partial charge in [0.2, 0.25) is 5.91 Å². The second kappa shape index (κ2) is 9.82. The van der Waals surface area contributed by atoms with Gasteiger partial charge < -0.3 is 15.2 Å². The summed E-state index contributed by atoms with van der Waals surface area (Å²) in [4.78, 5) is 22.5. The molecule has 0 unspecified atom stereocenters. The number of carbonyl (C=O) groups is 2. The lowest BCUT2D eigenvalue weighted by Crippen LogP contribution is -2.55. The number of carbonyl (C=O) groups excluding carboxylic acids is 2. The fraction of sp³-hybridized carbons (Fsp3) is 0.833. The molecule has 0 saturated heterocycles. The molecule has 0 aliphatic carbocycles. The third-order valence-electron chi connectivity index (χ3n) is 2.71. The van der Waals surface area contributed by atoms with E-state index in [1.165, 1.54) is 6.26 Å². The fourth-order valence-electron chi connectivity index (χ4n) is 1.54. The molecule has 0 aromatic rings. The second-order valence-corrected chi connectivity index (χ2v) is 7.47. The van der Waals surface area contributed by atoms with Crippen LogP contribution in [0.1, 0.15) is 20.3 Å². The number of aliphatic hydroxyl groups excluding tert-OH is 1. The molecule has 0 aliphatic rings. The summed E-state index contributed by atoms with van der Waals surface area (Å²) in [6.45, 7) is 3.58. The first kappa shape index (κ1) is 20.0. The van der Waals surface area contributed by atoms with Gasteiger partial charge in [0.1, 0.15) is 28.2 Å². The number of nitrogens with one attached hydrogen (secondary N) is 3. The van der Waals surface area contributed by atoms with Crippen molar-refractivity contribution in [1.29, 1.82) is 0 Å². The number of hydrogen-bond donors (Lipinski definition) is 4. The van der Waals surface area contributed by atoms with Crippen LogP contribution in [0.4, 0.5) is 0 Å².